The summed E-state index contributed by atoms with van der Waals surface area (Å²) in [5.41, 5.74) is 0.492. The molecule has 0 radical (unpaired) electrons. The van der Waals surface area contributed by atoms with Crippen molar-refractivity contribution in [2.45, 2.75) is 63.4 Å². The summed E-state index contributed by atoms with van der Waals surface area (Å²) in [6, 6.07) is 0.406. The molecule has 0 saturated heterocycles. The topological polar surface area (TPSA) is 97.1 Å². The van der Waals surface area contributed by atoms with Crippen LogP contribution < -0.4 is 10.0 Å². The third kappa shape index (κ3) is 5.16. The molecule has 3 rings (SSSR count). The fourth-order valence-electron chi connectivity index (χ4n) is 3.31. The zero-order valence-electron chi connectivity index (χ0n) is 16.0. The minimum absolute atomic E-state index is 0.112. The number of aromatic nitrogens is 2. The molecule has 0 aromatic carbocycles. The lowest BCUT2D eigenvalue weighted by Gasteiger charge is -2.28. The average molecular weight is 416 g/mol. The number of nitrogens with zero attached hydrogens (tertiary/aromatic N) is 2. The highest BCUT2D eigenvalue weighted by Crippen LogP contribution is 2.30. The molecule has 1 atom stereocenters. The predicted molar refractivity (Wildman–Crippen MR) is 102 cm³/mol. The van der Waals surface area contributed by atoms with Crippen molar-refractivity contribution in [2.75, 3.05) is 11.9 Å². The first kappa shape index (κ1) is 20.9. The van der Waals surface area contributed by atoms with Crippen LogP contribution in [0, 0.1) is 5.92 Å². The van der Waals surface area contributed by atoms with E-state index >= 15 is 0 Å². The summed E-state index contributed by atoms with van der Waals surface area (Å²) in [7, 11) is -3.23. The van der Waals surface area contributed by atoms with Crippen LogP contribution in [-0.4, -0.2) is 42.6 Å². The van der Waals surface area contributed by atoms with Crippen molar-refractivity contribution in [1.29, 1.82) is 0 Å². The number of sulfonamides is 1. The van der Waals surface area contributed by atoms with Crippen molar-refractivity contribution in [3.8, 4) is 0 Å². The Kier molecular flexibility index (Phi) is 6.49. The molecule has 1 unspecified atom stereocenters. The van der Waals surface area contributed by atoms with Gasteiger partial charge in [0.05, 0.1) is 5.25 Å². The Morgan fingerprint density at radius 3 is 2.61 bits per heavy atom. The van der Waals surface area contributed by atoms with E-state index in [9.17, 15) is 17.2 Å². The molecule has 1 saturated carbocycles. The van der Waals surface area contributed by atoms with Gasteiger partial charge in [0.2, 0.25) is 10.0 Å². The van der Waals surface area contributed by atoms with Crippen LogP contribution in [0.25, 0.3) is 5.57 Å². The molecular formula is C18H26F2N4O3S. The molecule has 0 amide bonds. The van der Waals surface area contributed by atoms with E-state index in [-0.39, 0.29) is 24.3 Å². The number of halogens is 2. The van der Waals surface area contributed by atoms with Gasteiger partial charge in [0.25, 0.3) is 0 Å². The van der Waals surface area contributed by atoms with E-state index in [0.717, 1.165) is 31.8 Å². The minimum atomic E-state index is -3.23. The SMILES string of the molecule is CC(C)S(=O)(=O)NC[C@H]1CC[C@H](Nc2nc(C3=CC=C(F)C(F)C3)no2)CC1. The van der Waals surface area contributed by atoms with Crippen LogP contribution >= 0.6 is 0 Å². The van der Waals surface area contributed by atoms with Gasteiger partial charge < -0.3 is 9.84 Å². The van der Waals surface area contributed by atoms with Gasteiger partial charge in [-0.15, -0.1) is 0 Å². The molecule has 1 aromatic heterocycles. The molecule has 1 fully saturated rings. The van der Waals surface area contributed by atoms with Crippen molar-refractivity contribution >= 4 is 21.6 Å². The van der Waals surface area contributed by atoms with Gasteiger partial charge >= 0.3 is 6.01 Å². The average Bonchev–Trinajstić information content (AvgIpc) is 3.12. The molecule has 7 nitrogen and oxygen atoms in total. The Labute approximate surface area is 163 Å². The molecular weight excluding hydrogens is 390 g/mol. The lowest BCUT2D eigenvalue weighted by atomic mass is 9.86. The van der Waals surface area contributed by atoms with Crippen LogP contribution in [-0.2, 0) is 10.0 Å². The molecule has 1 aromatic rings. The van der Waals surface area contributed by atoms with Gasteiger partial charge in [-0.3, -0.25) is 0 Å². The highest BCUT2D eigenvalue weighted by atomic mass is 32.2. The predicted octanol–water partition coefficient (Wildman–Crippen LogP) is 3.35. The Morgan fingerprint density at radius 2 is 1.96 bits per heavy atom. The summed E-state index contributed by atoms with van der Waals surface area (Å²) < 4.78 is 58.1. The van der Waals surface area contributed by atoms with Crippen LogP contribution in [0.15, 0.2) is 22.5 Å². The number of rotatable bonds is 7. The smallest absolute Gasteiger partial charge is 0.321 e. The fraction of sp³-hybridized carbons (Fsp3) is 0.667. The molecule has 28 heavy (non-hydrogen) atoms. The Bertz CT molecular complexity index is 843. The standard InChI is InChI=1S/C18H26F2N4O3S/c1-11(2)28(25,26)21-10-12-3-6-14(7-4-12)22-18-23-17(24-27-18)13-5-8-15(19)16(20)9-13/h5,8,11-12,14,16,21H,3-4,6-7,9-10H2,1-2H3,(H,22,23,24)/t12-,14-,16?. The second-order valence-corrected chi connectivity index (χ2v) is 9.96. The van der Waals surface area contributed by atoms with E-state index in [1.165, 1.54) is 6.08 Å². The zero-order valence-corrected chi connectivity index (χ0v) is 16.8. The second kappa shape index (κ2) is 8.69. The molecule has 10 heteroatoms. The summed E-state index contributed by atoms with van der Waals surface area (Å²) >= 11 is 0. The van der Waals surface area contributed by atoms with Crippen LogP contribution in [0.2, 0.25) is 0 Å². The maximum absolute atomic E-state index is 13.5. The van der Waals surface area contributed by atoms with Gasteiger partial charge in [-0.2, -0.15) is 4.98 Å². The second-order valence-electron chi connectivity index (χ2n) is 7.64. The third-order valence-corrected chi connectivity index (χ3v) is 7.03. The first-order valence-electron chi connectivity index (χ1n) is 9.54. The summed E-state index contributed by atoms with van der Waals surface area (Å²) in [5, 5.41) is 6.59. The highest BCUT2D eigenvalue weighted by Gasteiger charge is 2.26. The molecule has 0 spiro atoms. The largest absolute Gasteiger partial charge is 0.335 e. The highest BCUT2D eigenvalue weighted by molar-refractivity contribution is 7.90. The van der Waals surface area contributed by atoms with Crippen molar-refractivity contribution in [1.82, 2.24) is 14.9 Å². The van der Waals surface area contributed by atoms with Crippen molar-refractivity contribution in [2.24, 2.45) is 5.92 Å². The van der Waals surface area contributed by atoms with Crippen LogP contribution in [0.3, 0.4) is 0 Å². The van der Waals surface area contributed by atoms with Gasteiger partial charge in [0, 0.05) is 24.6 Å². The maximum Gasteiger partial charge on any atom is 0.321 e. The minimum Gasteiger partial charge on any atom is -0.335 e. The number of anilines is 1. The van der Waals surface area contributed by atoms with Gasteiger partial charge in [-0.1, -0.05) is 11.2 Å². The fourth-order valence-corrected chi connectivity index (χ4v) is 4.11. The first-order chi connectivity index (χ1) is 13.2. The van der Waals surface area contributed by atoms with E-state index in [1.807, 2.05) is 0 Å². The van der Waals surface area contributed by atoms with Crippen LogP contribution in [0.1, 0.15) is 51.8 Å². The van der Waals surface area contributed by atoms with Crippen molar-refractivity contribution in [3.05, 3.63) is 23.8 Å². The summed E-state index contributed by atoms with van der Waals surface area (Å²) in [5.74, 6) is -0.232. The van der Waals surface area contributed by atoms with E-state index in [0.29, 0.717) is 18.0 Å². The van der Waals surface area contributed by atoms with E-state index in [1.54, 1.807) is 13.8 Å². The first-order valence-corrected chi connectivity index (χ1v) is 11.1. The maximum atomic E-state index is 13.5. The Balaban J connectivity index is 1.48. The van der Waals surface area contributed by atoms with E-state index in [2.05, 4.69) is 20.2 Å². The normalized spacial score (nSPS) is 26.1. The molecule has 1 heterocycles. The molecule has 0 bridgehead atoms. The summed E-state index contributed by atoms with van der Waals surface area (Å²) in [6.45, 7) is 3.78. The molecule has 2 aliphatic rings. The quantitative estimate of drug-likeness (QED) is 0.708. The monoisotopic (exact) mass is 416 g/mol. The number of allylic oxidation sites excluding steroid dienone is 4. The van der Waals surface area contributed by atoms with Gasteiger partial charge in [0.15, 0.2) is 12.0 Å². The number of hydrogen-bond donors (Lipinski definition) is 2. The molecule has 156 valence electrons. The number of alkyl halides is 1. The van der Waals surface area contributed by atoms with Crippen LogP contribution in [0.4, 0.5) is 14.8 Å². The Hall–Kier alpha value is -1.81. The van der Waals surface area contributed by atoms with Gasteiger partial charge in [-0.25, -0.2) is 21.9 Å². The van der Waals surface area contributed by atoms with E-state index in [4.69, 9.17) is 4.52 Å². The van der Waals surface area contributed by atoms with Gasteiger partial charge in [-0.05, 0) is 51.5 Å². The van der Waals surface area contributed by atoms with Crippen molar-refractivity contribution in [3.63, 3.8) is 0 Å². The summed E-state index contributed by atoms with van der Waals surface area (Å²) in [4.78, 5) is 4.23. The lowest BCUT2D eigenvalue weighted by molar-refractivity contribution is 0.327. The number of nitrogens with one attached hydrogen (secondary N) is 2. The van der Waals surface area contributed by atoms with Crippen LogP contribution in [0.5, 0.6) is 0 Å². The van der Waals surface area contributed by atoms with Crippen molar-refractivity contribution < 1.29 is 21.7 Å². The lowest BCUT2D eigenvalue weighted by Crippen LogP contribution is -2.37. The Morgan fingerprint density at radius 1 is 1.25 bits per heavy atom. The van der Waals surface area contributed by atoms with Gasteiger partial charge in [0.1, 0.15) is 5.83 Å². The number of hydrogen-bond acceptors (Lipinski definition) is 6. The summed E-state index contributed by atoms with van der Waals surface area (Å²) in [6.07, 6.45) is 4.25. The zero-order chi connectivity index (χ0) is 20.3. The molecule has 2 N–H and O–H groups in total. The van der Waals surface area contributed by atoms with E-state index < -0.39 is 27.3 Å². The third-order valence-electron chi connectivity index (χ3n) is 5.22. The molecule has 0 aliphatic heterocycles. The molecule has 2 aliphatic carbocycles.